The minimum atomic E-state index is -1.45. The Balaban J connectivity index is 3.28. The van der Waals surface area contributed by atoms with Gasteiger partial charge < -0.3 is 24.6 Å². The second-order valence-electron chi connectivity index (χ2n) is 13.8. The molecular weight excluding hydrogens is 540 g/mol. The predicted octanol–water partition coefficient (Wildman–Crippen LogP) is 6.22. The molecule has 1 rings (SSSR count). The molecule has 0 bridgehead atoms. The van der Waals surface area contributed by atoms with Crippen molar-refractivity contribution < 1.29 is 33.7 Å². The zero-order chi connectivity index (χ0) is 31.4. The molecule has 41 heavy (non-hydrogen) atoms. The molecule has 0 aromatic heterocycles. The second kappa shape index (κ2) is 16.7. The van der Waals surface area contributed by atoms with Crippen LogP contribution in [0.1, 0.15) is 66.9 Å². The van der Waals surface area contributed by atoms with Crippen LogP contribution in [0, 0.1) is 11.8 Å². The number of nitrogens with one attached hydrogen (secondary N) is 1. The molecule has 234 valence electrons. The summed E-state index contributed by atoms with van der Waals surface area (Å²) in [4.78, 5) is 40.8. The second-order valence-corrected chi connectivity index (χ2v) is 19.4. The third kappa shape index (κ3) is 15.8. The maximum atomic E-state index is 13.5. The van der Waals surface area contributed by atoms with E-state index in [1.807, 2.05) is 58.0 Å². The number of rotatable bonds is 15. The van der Waals surface area contributed by atoms with Gasteiger partial charge in [0.25, 0.3) is 0 Å². The first-order valence-electron chi connectivity index (χ1n) is 14.7. The van der Waals surface area contributed by atoms with Crippen molar-refractivity contribution in [3.05, 3.63) is 35.9 Å². The standard InChI is InChI=1S/C31H54N2O7Si/c1-22(2)18-25(32-29(36)40-31(5,6)7)27(34)20-33(30(37)39-21-24-14-12-11-13-15-24)26(19-23(3)4)28(35)38-16-17-41(8,9)10/h11-15,22-23,25-27,34H,16-21H2,1-10H3,(H,32,36)/t25?,26-,27?/m0/s1. The Bertz CT molecular complexity index is 942. The number of alkyl carbamates (subject to hydrolysis) is 1. The summed E-state index contributed by atoms with van der Waals surface area (Å²) in [6, 6.07) is 8.35. The Kier molecular flexibility index (Phi) is 14.9. The Hall–Kier alpha value is -2.59. The first-order valence-corrected chi connectivity index (χ1v) is 18.4. The number of hydrogen-bond acceptors (Lipinski definition) is 7. The van der Waals surface area contributed by atoms with Crippen LogP contribution in [0.3, 0.4) is 0 Å². The summed E-state index contributed by atoms with van der Waals surface area (Å²) in [7, 11) is -1.45. The lowest BCUT2D eigenvalue weighted by atomic mass is 9.97. The highest BCUT2D eigenvalue weighted by atomic mass is 28.3. The maximum Gasteiger partial charge on any atom is 0.410 e. The molecule has 2 unspecified atom stereocenters. The van der Waals surface area contributed by atoms with E-state index in [2.05, 4.69) is 25.0 Å². The van der Waals surface area contributed by atoms with Crippen molar-refractivity contribution in [2.45, 2.75) is 117 Å². The highest BCUT2D eigenvalue weighted by Crippen LogP contribution is 2.20. The summed E-state index contributed by atoms with van der Waals surface area (Å²) in [5, 5.41) is 14.2. The number of hydrogen-bond donors (Lipinski definition) is 2. The molecule has 0 aliphatic rings. The van der Waals surface area contributed by atoms with Crippen molar-refractivity contribution in [3.63, 3.8) is 0 Å². The van der Waals surface area contributed by atoms with E-state index in [1.165, 1.54) is 4.90 Å². The lowest BCUT2D eigenvalue weighted by molar-refractivity contribution is -0.150. The molecule has 2 amide bonds. The third-order valence-electron chi connectivity index (χ3n) is 6.15. The van der Waals surface area contributed by atoms with Gasteiger partial charge in [0.2, 0.25) is 0 Å². The van der Waals surface area contributed by atoms with Gasteiger partial charge in [-0.25, -0.2) is 14.4 Å². The quantitative estimate of drug-likeness (QED) is 0.141. The number of esters is 1. The van der Waals surface area contributed by atoms with Crippen molar-refractivity contribution >= 4 is 26.2 Å². The van der Waals surface area contributed by atoms with Gasteiger partial charge in [0.1, 0.15) is 18.2 Å². The van der Waals surface area contributed by atoms with Gasteiger partial charge in [-0.2, -0.15) is 0 Å². The largest absolute Gasteiger partial charge is 0.464 e. The van der Waals surface area contributed by atoms with Crippen LogP contribution in [0.5, 0.6) is 0 Å². The average molecular weight is 595 g/mol. The minimum Gasteiger partial charge on any atom is -0.464 e. The number of benzene rings is 1. The number of nitrogens with zero attached hydrogens (tertiary/aromatic N) is 1. The van der Waals surface area contributed by atoms with Crippen molar-refractivity contribution in [1.82, 2.24) is 10.2 Å². The van der Waals surface area contributed by atoms with Gasteiger partial charge >= 0.3 is 18.2 Å². The molecule has 2 N–H and O–H groups in total. The molecule has 0 heterocycles. The third-order valence-corrected chi connectivity index (χ3v) is 7.86. The highest BCUT2D eigenvalue weighted by Gasteiger charge is 2.37. The van der Waals surface area contributed by atoms with E-state index in [9.17, 15) is 19.5 Å². The van der Waals surface area contributed by atoms with E-state index >= 15 is 0 Å². The van der Waals surface area contributed by atoms with Crippen LogP contribution in [-0.4, -0.2) is 73.2 Å². The first kappa shape index (κ1) is 36.4. The van der Waals surface area contributed by atoms with Crippen molar-refractivity contribution in [2.24, 2.45) is 11.8 Å². The number of carbonyl (C=O) groups excluding carboxylic acids is 3. The Morgan fingerprint density at radius 1 is 0.951 bits per heavy atom. The van der Waals surface area contributed by atoms with Gasteiger partial charge in [-0.15, -0.1) is 0 Å². The number of carbonyl (C=O) groups is 3. The molecule has 0 saturated heterocycles. The van der Waals surface area contributed by atoms with Crippen molar-refractivity contribution in [1.29, 1.82) is 0 Å². The minimum absolute atomic E-state index is 0.0108. The normalized spacial score (nSPS) is 14.3. The summed E-state index contributed by atoms with van der Waals surface area (Å²) < 4.78 is 16.7. The van der Waals surface area contributed by atoms with Crippen LogP contribution in [0.25, 0.3) is 0 Å². The number of ether oxygens (including phenoxy) is 3. The molecule has 9 nitrogen and oxygen atoms in total. The van der Waals surface area contributed by atoms with Crippen LogP contribution in [-0.2, 0) is 25.6 Å². The molecule has 0 aliphatic heterocycles. The molecular formula is C31H54N2O7Si. The van der Waals surface area contributed by atoms with Gasteiger partial charge in [-0.3, -0.25) is 4.90 Å². The average Bonchev–Trinajstić information content (AvgIpc) is 2.82. The molecule has 0 spiro atoms. The van der Waals surface area contributed by atoms with Crippen LogP contribution in [0.15, 0.2) is 30.3 Å². The lowest BCUT2D eigenvalue weighted by Gasteiger charge is -2.35. The summed E-state index contributed by atoms with van der Waals surface area (Å²) in [5.41, 5.74) is 0.0796. The van der Waals surface area contributed by atoms with Gasteiger partial charge in [-0.1, -0.05) is 77.7 Å². The molecule has 0 aliphatic carbocycles. The zero-order valence-electron chi connectivity index (χ0n) is 26.9. The fraction of sp³-hybridized carbons (Fsp3) is 0.710. The van der Waals surface area contributed by atoms with Crippen LogP contribution in [0.2, 0.25) is 25.7 Å². The zero-order valence-corrected chi connectivity index (χ0v) is 27.9. The smallest absolute Gasteiger partial charge is 0.410 e. The van der Waals surface area contributed by atoms with E-state index in [0.29, 0.717) is 12.8 Å². The predicted molar refractivity (Wildman–Crippen MR) is 164 cm³/mol. The molecule has 1 aromatic carbocycles. The number of aliphatic hydroxyl groups is 1. The Morgan fingerprint density at radius 2 is 1.54 bits per heavy atom. The van der Waals surface area contributed by atoms with E-state index in [4.69, 9.17) is 14.2 Å². The maximum absolute atomic E-state index is 13.5. The molecule has 10 heteroatoms. The van der Waals surface area contributed by atoms with Crippen molar-refractivity contribution in [3.8, 4) is 0 Å². The van der Waals surface area contributed by atoms with Crippen molar-refractivity contribution in [2.75, 3.05) is 13.2 Å². The summed E-state index contributed by atoms with van der Waals surface area (Å²) in [6.07, 6.45) is -1.83. The number of aliphatic hydroxyl groups excluding tert-OH is 1. The molecule has 3 atom stereocenters. The van der Waals surface area contributed by atoms with Gasteiger partial charge in [-0.05, 0) is 57.1 Å². The monoisotopic (exact) mass is 594 g/mol. The topological polar surface area (TPSA) is 114 Å². The molecule has 0 radical (unpaired) electrons. The first-order chi connectivity index (χ1) is 18.9. The SMILES string of the molecule is CC(C)CC(NC(=O)OC(C)(C)C)C(O)CN(C(=O)OCc1ccccc1)[C@@H](CC(C)C)C(=O)OCC[Si](C)(C)C. The lowest BCUT2D eigenvalue weighted by Crippen LogP contribution is -2.55. The van der Waals surface area contributed by atoms with E-state index < -0.39 is 50.0 Å². The summed E-state index contributed by atoms with van der Waals surface area (Å²) in [5.74, 6) is -0.347. The molecule has 0 fully saturated rings. The molecule has 1 aromatic rings. The fourth-order valence-electron chi connectivity index (χ4n) is 4.09. The molecule has 0 saturated carbocycles. The van der Waals surface area contributed by atoms with E-state index in [-0.39, 0.29) is 31.6 Å². The van der Waals surface area contributed by atoms with Crippen LogP contribution in [0.4, 0.5) is 9.59 Å². The fourth-order valence-corrected chi connectivity index (χ4v) is 4.80. The Labute approximate surface area is 248 Å². The van der Waals surface area contributed by atoms with Crippen LogP contribution < -0.4 is 5.32 Å². The van der Waals surface area contributed by atoms with Crippen LogP contribution >= 0.6 is 0 Å². The van der Waals surface area contributed by atoms with Gasteiger partial charge in [0, 0.05) is 8.07 Å². The van der Waals surface area contributed by atoms with E-state index in [1.54, 1.807) is 20.8 Å². The summed E-state index contributed by atoms with van der Waals surface area (Å²) >= 11 is 0. The van der Waals surface area contributed by atoms with Gasteiger partial charge in [0.05, 0.1) is 25.3 Å². The van der Waals surface area contributed by atoms with E-state index in [0.717, 1.165) is 11.6 Å². The summed E-state index contributed by atoms with van der Waals surface area (Å²) in [6.45, 7) is 19.8. The Morgan fingerprint density at radius 3 is 2.05 bits per heavy atom. The number of amides is 2. The highest BCUT2D eigenvalue weighted by molar-refractivity contribution is 6.76. The van der Waals surface area contributed by atoms with Gasteiger partial charge in [0.15, 0.2) is 0 Å².